The Morgan fingerprint density at radius 1 is 1.04 bits per heavy atom. The molecule has 0 fully saturated rings. The van der Waals surface area contributed by atoms with Gasteiger partial charge in [0, 0.05) is 22.9 Å². The van der Waals surface area contributed by atoms with Gasteiger partial charge in [0.1, 0.15) is 18.2 Å². The molecule has 24 heavy (non-hydrogen) atoms. The van der Waals surface area contributed by atoms with Crippen molar-refractivity contribution in [3.63, 3.8) is 0 Å². The Balaban J connectivity index is 2.18. The largest absolute Gasteiger partial charge is 0.455 e. The molecule has 3 nitrogen and oxygen atoms in total. The summed E-state index contributed by atoms with van der Waals surface area (Å²) in [6, 6.07) is 16.1. The lowest BCUT2D eigenvalue weighted by Crippen LogP contribution is -2.30. The summed E-state index contributed by atoms with van der Waals surface area (Å²) in [6.45, 7) is 4.26. The predicted molar refractivity (Wildman–Crippen MR) is 94.5 cm³/mol. The summed E-state index contributed by atoms with van der Waals surface area (Å²) in [5.41, 5.74) is 6.92. The van der Waals surface area contributed by atoms with E-state index in [0.29, 0.717) is 5.56 Å². The van der Waals surface area contributed by atoms with Crippen LogP contribution in [0.1, 0.15) is 16.7 Å². The van der Waals surface area contributed by atoms with Gasteiger partial charge in [0.2, 0.25) is 5.69 Å². The molecular weight excluding hydrogens is 296 g/mol. The Labute approximate surface area is 140 Å². The number of aromatic nitrogens is 1. The van der Waals surface area contributed by atoms with Crippen molar-refractivity contribution in [1.82, 2.24) is 0 Å². The van der Waals surface area contributed by atoms with Crippen molar-refractivity contribution >= 4 is 21.9 Å². The number of aryl methyl sites for hydroxylation is 2. The Bertz CT molecular complexity index is 1150. The molecule has 2 aromatic heterocycles. The maximum Gasteiger partial charge on any atom is 0.216 e. The SMILES string of the molecule is Cc1cc2c(oc3cc(C#N)ccc32)c(-c2cccc[n+]2C)c1C. The number of hydrogen-bond acceptors (Lipinski definition) is 2. The van der Waals surface area contributed by atoms with Crippen LogP contribution >= 0.6 is 0 Å². The van der Waals surface area contributed by atoms with E-state index in [4.69, 9.17) is 9.68 Å². The lowest BCUT2D eigenvalue weighted by molar-refractivity contribution is -0.660. The van der Waals surface area contributed by atoms with Crippen LogP contribution in [0.3, 0.4) is 0 Å². The number of benzene rings is 2. The topological polar surface area (TPSA) is 40.8 Å². The Kier molecular flexibility index (Phi) is 3.14. The average Bonchev–Trinajstić information content (AvgIpc) is 2.94. The second-order valence-electron chi connectivity index (χ2n) is 6.19. The van der Waals surface area contributed by atoms with Crippen LogP contribution < -0.4 is 4.57 Å². The number of nitriles is 1. The molecule has 3 heteroatoms. The molecule has 0 saturated carbocycles. The molecule has 4 rings (SSSR count). The van der Waals surface area contributed by atoms with Crippen molar-refractivity contribution in [2.24, 2.45) is 7.05 Å². The number of nitrogens with zero attached hydrogens (tertiary/aromatic N) is 2. The van der Waals surface area contributed by atoms with Crippen LogP contribution in [0.4, 0.5) is 0 Å². The summed E-state index contributed by atoms with van der Waals surface area (Å²) in [4.78, 5) is 0. The highest BCUT2D eigenvalue weighted by atomic mass is 16.3. The summed E-state index contributed by atoms with van der Waals surface area (Å²) in [5.74, 6) is 0. The number of hydrogen-bond donors (Lipinski definition) is 0. The smallest absolute Gasteiger partial charge is 0.216 e. The molecule has 4 aromatic rings. The lowest BCUT2D eigenvalue weighted by Gasteiger charge is -2.08. The Morgan fingerprint density at radius 3 is 2.62 bits per heavy atom. The fourth-order valence-corrected chi connectivity index (χ4v) is 3.30. The average molecular weight is 313 g/mol. The van der Waals surface area contributed by atoms with Gasteiger partial charge < -0.3 is 4.42 Å². The van der Waals surface area contributed by atoms with Gasteiger partial charge in [-0.25, -0.2) is 4.57 Å². The predicted octanol–water partition coefficient (Wildman–Crippen LogP) is 4.57. The zero-order valence-electron chi connectivity index (χ0n) is 13.9. The third-order valence-electron chi connectivity index (χ3n) is 4.72. The van der Waals surface area contributed by atoms with E-state index >= 15 is 0 Å². The molecule has 0 radical (unpaired) electrons. The van der Waals surface area contributed by atoms with E-state index in [1.54, 1.807) is 0 Å². The number of pyridine rings is 1. The summed E-state index contributed by atoms with van der Waals surface area (Å²) in [7, 11) is 2.04. The first-order chi connectivity index (χ1) is 11.6. The number of furan rings is 1. The maximum absolute atomic E-state index is 9.13. The van der Waals surface area contributed by atoms with E-state index in [2.05, 4.69) is 36.6 Å². The fraction of sp³-hybridized carbons (Fsp3) is 0.143. The van der Waals surface area contributed by atoms with Crippen LogP contribution in [-0.2, 0) is 7.05 Å². The van der Waals surface area contributed by atoms with E-state index in [1.807, 2.05) is 43.6 Å². The fourth-order valence-electron chi connectivity index (χ4n) is 3.30. The molecule has 0 atom stereocenters. The van der Waals surface area contributed by atoms with Crippen molar-refractivity contribution in [1.29, 1.82) is 5.26 Å². The zero-order chi connectivity index (χ0) is 16.8. The molecule has 0 bridgehead atoms. The quantitative estimate of drug-likeness (QED) is 0.483. The van der Waals surface area contributed by atoms with Gasteiger partial charge >= 0.3 is 0 Å². The lowest BCUT2D eigenvalue weighted by atomic mass is 9.96. The van der Waals surface area contributed by atoms with Crippen molar-refractivity contribution in [3.8, 4) is 17.3 Å². The van der Waals surface area contributed by atoms with Crippen LogP contribution in [0.5, 0.6) is 0 Å². The maximum atomic E-state index is 9.13. The molecule has 0 aliphatic carbocycles. The molecule has 0 spiro atoms. The molecule has 2 aromatic carbocycles. The van der Waals surface area contributed by atoms with E-state index in [1.165, 1.54) is 11.1 Å². The third kappa shape index (κ3) is 2.00. The summed E-state index contributed by atoms with van der Waals surface area (Å²) >= 11 is 0. The highest BCUT2D eigenvalue weighted by Gasteiger charge is 2.21. The Hall–Kier alpha value is -3.12. The monoisotopic (exact) mass is 313 g/mol. The Morgan fingerprint density at radius 2 is 1.88 bits per heavy atom. The van der Waals surface area contributed by atoms with E-state index in [9.17, 15) is 0 Å². The minimum atomic E-state index is 0.613. The summed E-state index contributed by atoms with van der Waals surface area (Å²) < 4.78 is 8.31. The molecule has 0 aliphatic rings. The summed E-state index contributed by atoms with van der Waals surface area (Å²) in [5, 5.41) is 11.3. The first-order valence-corrected chi connectivity index (χ1v) is 7.91. The van der Waals surface area contributed by atoms with Crippen molar-refractivity contribution in [2.45, 2.75) is 13.8 Å². The summed E-state index contributed by atoms with van der Waals surface area (Å²) in [6.07, 6.45) is 2.04. The van der Waals surface area contributed by atoms with Crippen LogP contribution in [-0.4, -0.2) is 0 Å². The molecule has 0 saturated heterocycles. The van der Waals surface area contributed by atoms with Gasteiger partial charge in [-0.1, -0.05) is 0 Å². The van der Waals surface area contributed by atoms with Gasteiger partial charge in [-0.05, 0) is 55.3 Å². The van der Waals surface area contributed by atoms with Gasteiger partial charge in [-0.15, -0.1) is 0 Å². The van der Waals surface area contributed by atoms with Crippen LogP contribution in [0.2, 0.25) is 0 Å². The number of fused-ring (bicyclic) bond motifs is 3. The normalized spacial score (nSPS) is 11.1. The van der Waals surface area contributed by atoms with Crippen molar-refractivity contribution < 1.29 is 8.98 Å². The van der Waals surface area contributed by atoms with Gasteiger partial charge in [-0.2, -0.15) is 5.26 Å². The molecule has 0 N–H and O–H groups in total. The molecule has 0 amide bonds. The minimum Gasteiger partial charge on any atom is -0.455 e. The van der Waals surface area contributed by atoms with Gasteiger partial charge in [-0.3, -0.25) is 0 Å². The van der Waals surface area contributed by atoms with Gasteiger partial charge in [0.15, 0.2) is 6.20 Å². The van der Waals surface area contributed by atoms with Crippen LogP contribution in [0.25, 0.3) is 33.2 Å². The molecule has 116 valence electrons. The van der Waals surface area contributed by atoms with Crippen molar-refractivity contribution in [2.75, 3.05) is 0 Å². The van der Waals surface area contributed by atoms with Gasteiger partial charge in [0.25, 0.3) is 0 Å². The first kappa shape index (κ1) is 14.5. The first-order valence-electron chi connectivity index (χ1n) is 7.91. The van der Waals surface area contributed by atoms with Crippen molar-refractivity contribution in [3.05, 3.63) is 65.4 Å². The standard InChI is InChI=1S/C21H17N2O/c1-13-10-17-16-8-7-15(12-22)11-19(16)24-21(17)20(14(13)2)18-6-4-5-9-23(18)3/h4-11H,1-3H3/q+1. The van der Waals surface area contributed by atoms with E-state index in [0.717, 1.165) is 33.2 Å². The molecule has 2 heterocycles. The van der Waals surface area contributed by atoms with E-state index < -0.39 is 0 Å². The second-order valence-corrected chi connectivity index (χ2v) is 6.19. The van der Waals surface area contributed by atoms with Crippen LogP contribution in [0.15, 0.2) is 53.1 Å². The highest BCUT2D eigenvalue weighted by molar-refractivity contribution is 6.10. The zero-order valence-corrected chi connectivity index (χ0v) is 13.9. The number of rotatable bonds is 1. The third-order valence-corrected chi connectivity index (χ3v) is 4.72. The van der Waals surface area contributed by atoms with Gasteiger partial charge in [0.05, 0.1) is 17.2 Å². The molecular formula is C21H17N2O+. The second kappa shape index (κ2) is 5.21. The minimum absolute atomic E-state index is 0.613. The molecule has 0 unspecified atom stereocenters. The van der Waals surface area contributed by atoms with E-state index in [-0.39, 0.29) is 0 Å². The highest BCUT2D eigenvalue weighted by Crippen LogP contribution is 2.38. The molecule has 0 aliphatic heterocycles. The van der Waals surface area contributed by atoms with Crippen LogP contribution in [0, 0.1) is 25.2 Å².